The van der Waals surface area contributed by atoms with Gasteiger partial charge >= 0.3 is 0 Å². The van der Waals surface area contributed by atoms with E-state index in [4.69, 9.17) is 14.9 Å². The molecule has 0 atom stereocenters. The van der Waals surface area contributed by atoms with E-state index in [1.54, 1.807) is 12.1 Å². The maximum absolute atomic E-state index is 11.1. The SMILES string of the molecule is CC(C)n1ncnc1-c1cn2c(n1)-c1ccc(/C=C/S(N)(=O)=O)cc1OCC2. The molecular formula is C18H20N6O3S. The largest absolute Gasteiger partial charge is 0.491 e. The Hall–Kier alpha value is -2.98. The van der Waals surface area contributed by atoms with Crippen molar-refractivity contribution >= 4 is 16.1 Å². The molecule has 0 unspecified atom stereocenters. The Morgan fingerprint density at radius 3 is 2.86 bits per heavy atom. The van der Waals surface area contributed by atoms with Gasteiger partial charge in [-0.2, -0.15) is 5.10 Å². The summed E-state index contributed by atoms with van der Waals surface area (Å²) in [7, 11) is -3.69. The summed E-state index contributed by atoms with van der Waals surface area (Å²) in [6.45, 7) is 5.18. The number of sulfonamides is 1. The molecule has 0 fully saturated rings. The van der Waals surface area contributed by atoms with Crippen LogP contribution in [-0.2, 0) is 16.6 Å². The minimum atomic E-state index is -3.69. The lowest BCUT2D eigenvalue weighted by Gasteiger charge is -2.08. The monoisotopic (exact) mass is 400 g/mol. The molecular weight excluding hydrogens is 380 g/mol. The van der Waals surface area contributed by atoms with Crippen LogP contribution < -0.4 is 9.88 Å². The Labute approximate surface area is 162 Å². The molecule has 0 spiro atoms. The molecule has 0 bridgehead atoms. The minimum Gasteiger partial charge on any atom is -0.491 e. The maximum Gasteiger partial charge on any atom is 0.231 e. The lowest BCUT2D eigenvalue weighted by Crippen LogP contribution is -2.06. The molecule has 3 heterocycles. The van der Waals surface area contributed by atoms with Crippen LogP contribution in [-0.4, -0.2) is 39.3 Å². The first-order valence-corrected chi connectivity index (χ1v) is 10.4. The highest BCUT2D eigenvalue weighted by Gasteiger charge is 2.21. The van der Waals surface area contributed by atoms with Gasteiger partial charge < -0.3 is 9.30 Å². The summed E-state index contributed by atoms with van der Waals surface area (Å²) in [4.78, 5) is 9.14. The molecule has 1 aliphatic heterocycles. The number of ether oxygens (including phenoxy) is 1. The van der Waals surface area contributed by atoms with E-state index < -0.39 is 10.0 Å². The highest BCUT2D eigenvalue weighted by molar-refractivity contribution is 7.92. The molecule has 146 valence electrons. The topological polar surface area (TPSA) is 118 Å². The summed E-state index contributed by atoms with van der Waals surface area (Å²) in [5.74, 6) is 2.12. The number of nitrogens with zero attached hydrogens (tertiary/aromatic N) is 5. The quantitative estimate of drug-likeness (QED) is 0.716. The number of hydrogen-bond acceptors (Lipinski definition) is 6. The van der Waals surface area contributed by atoms with Gasteiger partial charge in [-0.15, -0.1) is 0 Å². The number of aromatic nitrogens is 5. The number of imidazole rings is 1. The highest BCUT2D eigenvalue weighted by atomic mass is 32.2. The van der Waals surface area contributed by atoms with Crippen molar-refractivity contribution in [3.8, 4) is 28.7 Å². The maximum atomic E-state index is 11.1. The van der Waals surface area contributed by atoms with Crippen molar-refractivity contribution < 1.29 is 13.2 Å². The van der Waals surface area contributed by atoms with Crippen LogP contribution >= 0.6 is 0 Å². The predicted molar refractivity (Wildman–Crippen MR) is 105 cm³/mol. The molecule has 10 heteroatoms. The van der Waals surface area contributed by atoms with Gasteiger partial charge in [-0.3, -0.25) is 0 Å². The Morgan fingerprint density at radius 2 is 2.11 bits per heavy atom. The van der Waals surface area contributed by atoms with E-state index in [-0.39, 0.29) is 6.04 Å². The van der Waals surface area contributed by atoms with Crippen LogP contribution in [0.2, 0.25) is 0 Å². The fourth-order valence-corrected chi connectivity index (χ4v) is 3.44. The van der Waals surface area contributed by atoms with Crippen LogP contribution in [0.1, 0.15) is 25.5 Å². The van der Waals surface area contributed by atoms with Crippen molar-refractivity contribution in [3.63, 3.8) is 0 Å². The first-order chi connectivity index (χ1) is 13.3. The first kappa shape index (κ1) is 18.4. The lowest BCUT2D eigenvalue weighted by molar-refractivity contribution is 0.306. The molecule has 0 radical (unpaired) electrons. The first-order valence-electron chi connectivity index (χ1n) is 8.77. The molecule has 0 aliphatic carbocycles. The third-order valence-corrected chi connectivity index (χ3v) is 4.87. The van der Waals surface area contributed by atoms with Gasteiger partial charge in [0.1, 0.15) is 30.2 Å². The number of hydrogen-bond donors (Lipinski definition) is 1. The summed E-state index contributed by atoms with van der Waals surface area (Å²) in [5.41, 5.74) is 2.24. The number of nitrogens with two attached hydrogens (primary N) is 1. The Bertz CT molecular complexity index is 1160. The molecule has 0 saturated heterocycles. The van der Waals surface area contributed by atoms with E-state index in [1.165, 1.54) is 12.4 Å². The van der Waals surface area contributed by atoms with Gasteiger partial charge in [0.15, 0.2) is 5.82 Å². The number of fused-ring (bicyclic) bond motifs is 3. The molecule has 0 saturated carbocycles. The van der Waals surface area contributed by atoms with Gasteiger partial charge in [0.25, 0.3) is 0 Å². The van der Waals surface area contributed by atoms with Crippen LogP contribution in [0.4, 0.5) is 0 Å². The Kier molecular flexibility index (Phi) is 4.52. The van der Waals surface area contributed by atoms with E-state index in [0.29, 0.717) is 30.3 Å². The third-order valence-electron chi connectivity index (χ3n) is 4.35. The standard InChI is InChI=1S/C18H20N6O3S/c1-12(2)24-18(20-11-21-24)15-10-23-6-7-27-16-9-13(5-8-28(19,25)26)3-4-14(16)17(23)22-15/h3-5,8-12H,6-7H2,1-2H3,(H2,19,25,26)/b8-5+. The van der Waals surface area contributed by atoms with Gasteiger partial charge in [-0.1, -0.05) is 6.07 Å². The number of rotatable bonds is 4. The van der Waals surface area contributed by atoms with E-state index >= 15 is 0 Å². The van der Waals surface area contributed by atoms with Crippen molar-refractivity contribution in [1.29, 1.82) is 0 Å². The Morgan fingerprint density at radius 1 is 1.29 bits per heavy atom. The van der Waals surface area contributed by atoms with Gasteiger partial charge in [0, 0.05) is 17.6 Å². The van der Waals surface area contributed by atoms with E-state index in [9.17, 15) is 8.42 Å². The summed E-state index contributed by atoms with van der Waals surface area (Å²) in [6.07, 6.45) is 4.92. The molecule has 1 aromatic carbocycles. The van der Waals surface area contributed by atoms with Crippen LogP contribution in [0.5, 0.6) is 5.75 Å². The van der Waals surface area contributed by atoms with Crippen LogP contribution in [0.3, 0.4) is 0 Å². The van der Waals surface area contributed by atoms with Gasteiger partial charge in [-0.05, 0) is 37.6 Å². The summed E-state index contributed by atoms with van der Waals surface area (Å²) in [5, 5.41) is 10.3. The van der Waals surface area contributed by atoms with Crippen molar-refractivity contribution in [1.82, 2.24) is 24.3 Å². The molecule has 4 rings (SSSR count). The zero-order valence-corrected chi connectivity index (χ0v) is 16.3. The van der Waals surface area contributed by atoms with Crippen molar-refractivity contribution in [2.24, 2.45) is 5.14 Å². The van der Waals surface area contributed by atoms with Gasteiger partial charge in [-0.25, -0.2) is 28.2 Å². The smallest absolute Gasteiger partial charge is 0.231 e. The van der Waals surface area contributed by atoms with E-state index in [0.717, 1.165) is 22.5 Å². The average Bonchev–Trinajstić information content (AvgIpc) is 3.23. The summed E-state index contributed by atoms with van der Waals surface area (Å²) < 4.78 is 32.0. The summed E-state index contributed by atoms with van der Waals surface area (Å²) in [6, 6.07) is 5.60. The number of primary sulfonamides is 1. The van der Waals surface area contributed by atoms with Gasteiger partial charge in [0.05, 0.1) is 12.1 Å². The van der Waals surface area contributed by atoms with Crippen LogP contribution in [0.15, 0.2) is 36.1 Å². The van der Waals surface area contributed by atoms with Crippen molar-refractivity contribution in [3.05, 3.63) is 41.7 Å². The predicted octanol–water partition coefficient (Wildman–Crippen LogP) is 2.04. The molecule has 1 aliphatic rings. The molecule has 2 N–H and O–H groups in total. The van der Waals surface area contributed by atoms with Crippen molar-refractivity contribution in [2.45, 2.75) is 26.4 Å². The normalized spacial score (nSPS) is 14.0. The molecule has 28 heavy (non-hydrogen) atoms. The fraction of sp³-hybridized carbons (Fsp3) is 0.278. The third kappa shape index (κ3) is 3.56. The van der Waals surface area contributed by atoms with Crippen molar-refractivity contribution in [2.75, 3.05) is 6.61 Å². The molecule has 2 aromatic heterocycles. The average molecular weight is 400 g/mol. The minimum absolute atomic E-state index is 0.169. The lowest BCUT2D eigenvalue weighted by atomic mass is 10.1. The van der Waals surface area contributed by atoms with E-state index in [2.05, 4.69) is 10.1 Å². The second-order valence-electron chi connectivity index (χ2n) is 6.76. The van der Waals surface area contributed by atoms with E-state index in [1.807, 2.05) is 35.4 Å². The molecule has 9 nitrogen and oxygen atoms in total. The van der Waals surface area contributed by atoms with Gasteiger partial charge in [0.2, 0.25) is 10.0 Å². The molecule has 0 amide bonds. The molecule has 3 aromatic rings. The zero-order valence-electron chi connectivity index (χ0n) is 15.5. The van der Waals surface area contributed by atoms with Crippen LogP contribution in [0, 0.1) is 0 Å². The Balaban J connectivity index is 1.76. The summed E-state index contributed by atoms with van der Waals surface area (Å²) >= 11 is 0. The fourth-order valence-electron chi connectivity index (χ4n) is 3.09. The zero-order chi connectivity index (χ0) is 19.9. The van der Waals surface area contributed by atoms with Crippen LogP contribution in [0.25, 0.3) is 29.0 Å². The second-order valence-corrected chi connectivity index (χ2v) is 8.21. The second kappa shape index (κ2) is 6.88. The number of benzene rings is 1. The highest BCUT2D eigenvalue weighted by Crippen LogP contribution is 2.34.